The molecule has 0 saturated heterocycles. The Morgan fingerprint density at radius 2 is 1.75 bits per heavy atom. The maximum absolute atomic E-state index is 13.6. The van der Waals surface area contributed by atoms with Crippen molar-refractivity contribution in [1.82, 2.24) is 15.1 Å². The zero-order valence-corrected chi connectivity index (χ0v) is 20.6. The molecule has 1 aliphatic rings. The summed E-state index contributed by atoms with van der Waals surface area (Å²) < 4.78 is 6.63. The molecule has 3 aromatic rings. The van der Waals surface area contributed by atoms with Crippen molar-refractivity contribution in [2.45, 2.75) is 46.6 Å². The van der Waals surface area contributed by atoms with Crippen LogP contribution in [0.15, 0.2) is 69.6 Å². The molecular formula is C27H29N5O4. The molecular weight excluding hydrogens is 458 g/mol. The van der Waals surface area contributed by atoms with E-state index in [9.17, 15) is 14.4 Å². The van der Waals surface area contributed by atoms with Crippen molar-refractivity contribution in [3.05, 3.63) is 75.8 Å². The number of aryl methyl sites for hydroxylation is 1. The first-order chi connectivity index (χ1) is 17.5. The number of aliphatic imine (C=N–C) groups is 1. The van der Waals surface area contributed by atoms with Gasteiger partial charge in [-0.1, -0.05) is 50.6 Å². The van der Waals surface area contributed by atoms with Crippen molar-refractivity contribution in [1.29, 1.82) is 0 Å². The van der Waals surface area contributed by atoms with Crippen LogP contribution in [0.5, 0.6) is 0 Å². The second-order valence-corrected chi connectivity index (χ2v) is 8.26. The second-order valence-electron chi connectivity index (χ2n) is 8.26. The summed E-state index contributed by atoms with van der Waals surface area (Å²) in [5.74, 6) is -1.11. The number of allylic oxidation sites excluding steroid dienone is 1. The lowest BCUT2D eigenvalue weighted by Gasteiger charge is -2.15. The molecule has 1 aromatic heterocycles. The maximum atomic E-state index is 13.6. The highest BCUT2D eigenvalue weighted by atomic mass is 16.5. The van der Waals surface area contributed by atoms with Crippen LogP contribution in [-0.2, 0) is 16.1 Å². The topological polar surface area (TPSA) is 115 Å². The van der Waals surface area contributed by atoms with E-state index in [1.54, 1.807) is 37.3 Å². The fourth-order valence-corrected chi connectivity index (χ4v) is 4.03. The van der Waals surface area contributed by atoms with E-state index in [-0.39, 0.29) is 29.3 Å². The number of benzene rings is 2. The smallest absolute Gasteiger partial charge is 0.343 e. The first kappa shape index (κ1) is 24.8. The first-order valence-corrected chi connectivity index (χ1v) is 12.1. The largest absolute Gasteiger partial charge is 0.462 e. The van der Waals surface area contributed by atoms with Gasteiger partial charge in [0.2, 0.25) is 0 Å². The Labute approximate surface area is 208 Å². The van der Waals surface area contributed by atoms with Crippen LogP contribution in [0.2, 0.25) is 0 Å². The molecule has 2 N–H and O–H groups in total. The van der Waals surface area contributed by atoms with Gasteiger partial charge in [-0.25, -0.2) is 14.5 Å². The molecule has 0 unspecified atom stereocenters. The van der Waals surface area contributed by atoms with Gasteiger partial charge in [0.15, 0.2) is 5.69 Å². The Morgan fingerprint density at radius 1 is 1.03 bits per heavy atom. The summed E-state index contributed by atoms with van der Waals surface area (Å²) in [6.45, 7) is 6.20. The number of carbonyl (C=O) groups excluding carboxylic acids is 2. The molecule has 36 heavy (non-hydrogen) atoms. The zero-order valence-electron chi connectivity index (χ0n) is 20.6. The second kappa shape index (κ2) is 11.0. The van der Waals surface area contributed by atoms with Gasteiger partial charge in [0, 0.05) is 17.6 Å². The summed E-state index contributed by atoms with van der Waals surface area (Å²) in [5, 5.41) is 11.3. The van der Waals surface area contributed by atoms with E-state index in [2.05, 4.69) is 20.7 Å². The number of esters is 1. The quantitative estimate of drug-likeness (QED) is 0.480. The molecule has 186 valence electrons. The average Bonchev–Trinajstić information content (AvgIpc) is 3.04. The van der Waals surface area contributed by atoms with E-state index in [0.29, 0.717) is 40.8 Å². The van der Waals surface area contributed by atoms with Crippen molar-refractivity contribution in [2.24, 2.45) is 4.99 Å². The molecule has 9 heteroatoms. The number of hydrogen-bond donors (Lipinski definition) is 2. The Morgan fingerprint density at radius 3 is 2.47 bits per heavy atom. The van der Waals surface area contributed by atoms with E-state index in [4.69, 9.17) is 4.74 Å². The minimum Gasteiger partial charge on any atom is -0.462 e. The van der Waals surface area contributed by atoms with Crippen molar-refractivity contribution in [2.75, 3.05) is 11.9 Å². The standard InChI is InChI=1S/C27H29N5O4/c1-4-7-16-32-26(34)18-13-9-8-12-17(18)23(31-32)25(33)30-24-22(27(35)36-6-3)19(5-2)28-20-14-10-11-15-21(20)29-24/h8-15,28H,4-7,16H2,1-3H3,(H,29,30,33). The highest BCUT2D eigenvalue weighted by Crippen LogP contribution is 2.31. The summed E-state index contributed by atoms with van der Waals surface area (Å²) in [7, 11) is 0. The Balaban J connectivity index is 1.84. The number of anilines is 1. The average molecular weight is 488 g/mol. The van der Waals surface area contributed by atoms with E-state index < -0.39 is 11.9 Å². The van der Waals surface area contributed by atoms with Gasteiger partial charge in [0.05, 0.1) is 23.4 Å². The number of amides is 1. The number of hydrogen-bond acceptors (Lipinski definition) is 7. The maximum Gasteiger partial charge on any atom is 0.343 e. The van der Waals surface area contributed by atoms with Crippen LogP contribution in [0.25, 0.3) is 10.8 Å². The third-order valence-electron chi connectivity index (χ3n) is 5.83. The van der Waals surface area contributed by atoms with Gasteiger partial charge in [-0.05, 0) is 38.0 Å². The van der Waals surface area contributed by atoms with Gasteiger partial charge in [-0.15, -0.1) is 0 Å². The molecule has 1 amide bonds. The van der Waals surface area contributed by atoms with Gasteiger partial charge in [0.1, 0.15) is 11.4 Å². The molecule has 0 bridgehead atoms. The number of nitrogens with zero attached hydrogens (tertiary/aromatic N) is 3. The number of rotatable bonds is 7. The molecule has 1 aliphatic heterocycles. The third-order valence-corrected chi connectivity index (χ3v) is 5.83. The van der Waals surface area contributed by atoms with Crippen LogP contribution >= 0.6 is 0 Å². The summed E-state index contributed by atoms with van der Waals surface area (Å²) in [6, 6.07) is 14.2. The fraction of sp³-hybridized carbons (Fsp3) is 0.296. The number of unbranched alkanes of at least 4 members (excludes halogenated alkanes) is 1. The SMILES string of the molecule is CCCCn1nc(C(=O)NC2=Nc3ccccc3NC(CC)=C2C(=O)OCC)c2ccccc2c1=O. The molecule has 0 saturated carbocycles. The summed E-state index contributed by atoms with van der Waals surface area (Å²) in [6.07, 6.45) is 2.09. The van der Waals surface area contributed by atoms with Gasteiger partial charge in [0.25, 0.3) is 11.5 Å². The van der Waals surface area contributed by atoms with Crippen LogP contribution in [0.3, 0.4) is 0 Å². The molecule has 0 radical (unpaired) electrons. The van der Waals surface area contributed by atoms with Crippen molar-refractivity contribution in [3.63, 3.8) is 0 Å². The van der Waals surface area contributed by atoms with Gasteiger partial charge >= 0.3 is 5.97 Å². The number of carbonyl (C=O) groups is 2. The van der Waals surface area contributed by atoms with Crippen LogP contribution < -0.4 is 16.2 Å². The zero-order chi connectivity index (χ0) is 25.7. The van der Waals surface area contributed by atoms with Crippen molar-refractivity contribution in [3.8, 4) is 0 Å². The van der Waals surface area contributed by atoms with E-state index >= 15 is 0 Å². The number of amidine groups is 1. The predicted molar refractivity (Wildman–Crippen MR) is 139 cm³/mol. The Bertz CT molecular complexity index is 1440. The normalized spacial score (nSPS) is 12.9. The summed E-state index contributed by atoms with van der Waals surface area (Å²) in [5.41, 5.74) is 1.81. The minimum atomic E-state index is -0.598. The Kier molecular flexibility index (Phi) is 7.58. The van der Waals surface area contributed by atoms with Crippen LogP contribution in [0.4, 0.5) is 11.4 Å². The van der Waals surface area contributed by atoms with Crippen LogP contribution in [0, 0.1) is 0 Å². The third kappa shape index (κ3) is 4.91. The highest BCUT2D eigenvalue weighted by molar-refractivity contribution is 6.26. The first-order valence-electron chi connectivity index (χ1n) is 12.1. The van der Waals surface area contributed by atoms with Gasteiger partial charge in [-0.2, -0.15) is 5.10 Å². The number of para-hydroxylation sites is 2. The van der Waals surface area contributed by atoms with Crippen molar-refractivity contribution >= 4 is 39.9 Å². The molecule has 4 rings (SSSR count). The number of aromatic nitrogens is 2. The predicted octanol–water partition coefficient (Wildman–Crippen LogP) is 4.31. The minimum absolute atomic E-state index is 0.0601. The van der Waals surface area contributed by atoms with E-state index in [0.717, 1.165) is 12.8 Å². The van der Waals surface area contributed by atoms with E-state index in [1.807, 2.05) is 32.0 Å². The monoisotopic (exact) mass is 487 g/mol. The lowest BCUT2D eigenvalue weighted by atomic mass is 10.1. The lowest BCUT2D eigenvalue weighted by molar-refractivity contribution is -0.137. The number of fused-ring (bicyclic) bond motifs is 2. The lowest BCUT2D eigenvalue weighted by Crippen LogP contribution is -2.37. The summed E-state index contributed by atoms with van der Waals surface area (Å²) in [4.78, 5) is 44.2. The molecule has 0 fully saturated rings. The van der Waals surface area contributed by atoms with Crippen LogP contribution in [0.1, 0.15) is 50.5 Å². The molecule has 0 aliphatic carbocycles. The molecule has 9 nitrogen and oxygen atoms in total. The van der Waals surface area contributed by atoms with Crippen molar-refractivity contribution < 1.29 is 14.3 Å². The van der Waals surface area contributed by atoms with Gasteiger partial charge < -0.3 is 15.4 Å². The number of nitrogens with one attached hydrogen (secondary N) is 2. The van der Waals surface area contributed by atoms with Crippen LogP contribution in [-0.4, -0.2) is 34.1 Å². The highest BCUT2D eigenvalue weighted by Gasteiger charge is 2.28. The number of ether oxygens (including phenoxy) is 1. The molecule has 0 spiro atoms. The van der Waals surface area contributed by atoms with Gasteiger partial charge in [-0.3, -0.25) is 9.59 Å². The van der Waals surface area contributed by atoms with E-state index in [1.165, 1.54) is 4.68 Å². The fourth-order valence-electron chi connectivity index (χ4n) is 4.03. The molecule has 2 aromatic carbocycles. The Hall–Kier alpha value is -4.27. The summed E-state index contributed by atoms with van der Waals surface area (Å²) >= 11 is 0. The molecule has 2 heterocycles. The molecule has 0 atom stereocenters.